The second kappa shape index (κ2) is 1.59. The minimum Gasteiger partial charge on any atom is -0.295 e. The number of alkyl halides is 1. The van der Waals surface area contributed by atoms with Gasteiger partial charge in [0.1, 0.15) is 0 Å². The molecule has 0 heterocycles. The summed E-state index contributed by atoms with van der Waals surface area (Å²) in [4.78, 5) is 0. The van der Waals surface area contributed by atoms with Crippen LogP contribution in [0.2, 0.25) is 0 Å². The van der Waals surface area contributed by atoms with E-state index in [0.29, 0.717) is 0 Å². The van der Waals surface area contributed by atoms with E-state index in [-0.39, 0.29) is 0 Å². The van der Waals surface area contributed by atoms with Crippen LogP contribution in [0.15, 0.2) is 0 Å². The van der Waals surface area contributed by atoms with Gasteiger partial charge in [-0.1, -0.05) is 13.8 Å². The summed E-state index contributed by atoms with van der Waals surface area (Å²) >= 11 is 0. The summed E-state index contributed by atoms with van der Waals surface area (Å²) in [6.07, 6.45) is 1.52. The first kappa shape index (κ1) is 5.93. The first-order valence-corrected chi connectivity index (χ1v) is 2.06. The number of halogens is 1. The zero-order chi connectivity index (χ0) is 5.21. The minimum absolute atomic E-state index is 1.08. The minimum atomic E-state index is -1.08. The highest BCUT2D eigenvalue weighted by Crippen LogP contribution is 2.09. The zero-order valence-corrected chi connectivity index (χ0v) is 4.46. The lowest BCUT2D eigenvalue weighted by molar-refractivity contribution is 0.263. The van der Waals surface area contributed by atoms with Crippen molar-refractivity contribution in [3.8, 4) is 0 Å². The van der Waals surface area contributed by atoms with Gasteiger partial charge in [-0.05, 0) is 5.67 Å². The van der Waals surface area contributed by atoms with E-state index in [1.807, 2.05) is 0 Å². The van der Waals surface area contributed by atoms with E-state index in [1.54, 1.807) is 6.92 Å². The summed E-state index contributed by atoms with van der Waals surface area (Å²) in [5.74, 6) is 0. The van der Waals surface area contributed by atoms with E-state index in [4.69, 9.17) is 0 Å². The lowest BCUT2D eigenvalue weighted by Gasteiger charge is -2.19. The Morgan fingerprint density at radius 3 is 1.67 bits per heavy atom. The highest BCUT2D eigenvalue weighted by atomic mass is 19.1. The highest BCUT2D eigenvalue weighted by Gasteiger charge is 1.97. The average Bonchev–Trinajstić information content (AvgIpc) is 1.35. The van der Waals surface area contributed by atoms with Crippen LogP contribution >= 0.6 is 0 Å². The monoisotopic (exact) mass is 89.1 g/mol. The van der Waals surface area contributed by atoms with Crippen molar-refractivity contribution in [2.24, 2.45) is 0 Å². The lowest BCUT2D eigenvalue weighted by atomic mass is 10.1. The normalized spacial score (nSPS) is 12.0. The van der Waals surface area contributed by atoms with Gasteiger partial charge in [0, 0.05) is 0 Å². The van der Waals surface area contributed by atoms with Gasteiger partial charge in [0.05, 0.1) is 0 Å². The molecule has 6 heavy (non-hydrogen) atoms. The molecule has 0 aliphatic rings. The second-order valence-corrected chi connectivity index (χ2v) is 1.85. The molecule has 0 radical (unpaired) electrons. The van der Waals surface area contributed by atoms with Crippen molar-refractivity contribution in [1.29, 1.82) is 0 Å². The van der Waals surface area contributed by atoms with Crippen LogP contribution in [0.25, 0.3) is 0 Å². The van der Waals surface area contributed by atoms with Gasteiger partial charge in [0.2, 0.25) is 0 Å². The Bertz CT molecular complexity index is 33.7. The molecule has 0 aromatic heterocycles. The molecule has 0 saturated carbocycles. The first-order chi connectivity index (χ1) is 2.56. The fourth-order valence-corrected chi connectivity index (χ4v) is 0. The van der Waals surface area contributed by atoms with Gasteiger partial charge in [-0.2, -0.15) is 6.92 Å². The molecule has 0 amide bonds. The van der Waals surface area contributed by atoms with Crippen molar-refractivity contribution in [1.82, 2.24) is 0 Å². The van der Waals surface area contributed by atoms with E-state index in [2.05, 4.69) is 0 Å². The topological polar surface area (TPSA) is 0 Å². The second-order valence-electron chi connectivity index (χ2n) is 1.85. The summed E-state index contributed by atoms with van der Waals surface area (Å²) in [7, 11) is 0. The maximum Gasteiger partial charge on any atom is -0.0154 e. The molecule has 0 fully saturated rings. The quantitative estimate of drug-likeness (QED) is 0.431. The maximum absolute atomic E-state index is 12.1. The van der Waals surface area contributed by atoms with Crippen molar-refractivity contribution in [2.75, 3.05) is 0 Å². The highest BCUT2D eigenvalue weighted by molar-refractivity contribution is 4.79. The maximum atomic E-state index is 12.1. The number of rotatable bonds is 1. The van der Waals surface area contributed by atoms with Gasteiger partial charge in [-0.25, -0.2) is 0 Å². The van der Waals surface area contributed by atoms with E-state index in [9.17, 15) is 4.39 Å². The van der Waals surface area contributed by atoms with Crippen LogP contribution in [-0.4, -0.2) is 5.67 Å². The molecule has 0 atom stereocenters. The molecule has 0 spiro atoms. The van der Waals surface area contributed by atoms with Crippen LogP contribution < -0.4 is 0 Å². The molecule has 0 unspecified atom stereocenters. The van der Waals surface area contributed by atoms with E-state index >= 15 is 0 Å². The molecule has 0 N–H and O–H groups in total. The van der Waals surface area contributed by atoms with Crippen LogP contribution in [0.4, 0.5) is 4.39 Å². The zero-order valence-electron chi connectivity index (χ0n) is 4.46. The van der Waals surface area contributed by atoms with Crippen molar-refractivity contribution < 1.29 is 4.39 Å². The molecular weight excluding hydrogens is 79.1 g/mol. The largest absolute Gasteiger partial charge is 0.295 e. The summed E-state index contributed by atoms with van der Waals surface area (Å²) in [5, 5.41) is 0. The fraction of sp³-hybridized carbons (Fsp3) is 0.800. The van der Waals surface area contributed by atoms with Crippen LogP contribution in [0.3, 0.4) is 0 Å². The molecular formula is C5H10F-. The predicted molar refractivity (Wildman–Crippen MR) is 25.2 cm³/mol. The van der Waals surface area contributed by atoms with Crippen molar-refractivity contribution >= 4 is 0 Å². The summed E-state index contributed by atoms with van der Waals surface area (Å²) in [6.45, 7) is 4.75. The Morgan fingerprint density at radius 1 is 1.50 bits per heavy atom. The van der Waals surface area contributed by atoms with Crippen molar-refractivity contribution in [2.45, 2.75) is 26.4 Å². The third-order valence-corrected chi connectivity index (χ3v) is 0.686. The van der Waals surface area contributed by atoms with E-state index in [0.717, 1.165) is 0 Å². The van der Waals surface area contributed by atoms with E-state index < -0.39 is 5.67 Å². The van der Waals surface area contributed by atoms with Crippen molar-refractivity contribution in [3.63, 3.8) is 0 Å². The van der Waals surface area contributed by atoms with Gasteiger partial charge in [0.15, 0.2) is 0 Å². The predicted octanol–water partition coefficient (Wildman–Crippen LogP) is 1.96. The van der Waals surface area contributed by atoms with Gasteiger partial charge >= 0.3 is 0 Å². The standard InChI is InChI=1S/C5H10F/c1-4-5(2,3)6/h4H,1-3H3/q-1. The van der Waals surface area contributed by atoms with E-state index in [1.165, 1.54) is 20.3 Å². The van der Waals surface area contributed by atoms with Gasteiger partial charge in [-0.15, -0.1) is 0 Å². The first-order valence-electron chi connectivity index (χ1n) is 2.06. The SMILES string of the molecule is C[CH-]C(C)(C)F. The Hall–Kier alpha value is -0.0700. The lowest BCUT2D eigenvalue weighted by Crippen LogP contribution is -2.08. The Balaban J connectivity index is 3.17. The van der Waals surface area contributed by atoms with Crippen molar-refractivity contribution in [3.05, 3.63) is 6.42 Å². The molecule has 0 aromatic rings. The number of hydrogen-bond acceptors (Lipinski definition) is 0. The van der Waals surface area contributed by atoms with Crippen LogP contribution in [0.5, 0.6) is 0 Å². The summed E-state index contributed by atoms with van der Waals surface area (Å²) in [5.41, 5.74) is -1.08. The molecule has 0 aromatic carbocycles. The molecule has 0 aliphatic carbocycles. The third kappa shape index (κ3) is 3.93. The number of hydrogen-bond donors (Lipinski definition) is 0. The van der Waals surface area contributed by atoms with Gasteiger partial charge in [-0.3, -0.25) is 10.8 Å². The third-order valence-electron chi connectivity index (χ3n) is 0.686. The molecule has 0 nitrogen and oxygen atoms in total. The van der Waals surface area contributed by atoms with Crippen LogP contribution in [-0.2, 0) is 0 Å². The van der Waals surface area contributed by atoms with Crippen LogP contribution in [0, 0.1) is 6.42 Å². The summed E-state index contributed by atoms with van der Waals surface area (Å²) < 4.78 is 12.1. The Morgan fingerprint density at radius 2 is 1.67 bits per heavy atom. The summed E-state index contributed by atoms with van der Waals surface area (Å²) in [6, 6.07) is 0. The molecule has 0 saturated heterocycles. The van der Waals surface area contributed by atoms with Crippen LogP contribution in [0.1, 0.15) is 20.8 Å². The van der Waals surface area contributed by atoms with Gasteiger partial charge in [0.25, 0.3) is 0 Å². The molecule has 0 rings (SSSR count). The average molecular weight is 89.1 g/mol. The molecule has 0 bridgehead atoms. The Labute approximate surface area is 38.4 Å². The molecule has 1 heteroatoms. The van der Waals surface area contributed by atoms with Gasteiger partial charge < -0.3 is 0 Å². The smallest absolute Gasteiger partial charge is 0.0154 e. The molecule has 0 aliphatic heterocycles. The molecule has 38 valence electrons. The Kier molecular flexibility index (Phi) is 1.57. The fourth-order valence-electron chi connectivity index (χ4n) is 0.